The normalized spacial score (nSPS) is 18.3. The first kappa shape index (κ1) is 17.7. The van der Waals surface area contributed by atoms with E-state index in [-0.39, 0.29) is 0 Å². The third kappa shape index (κ3) is 3.80. The van der Waals surface area contributed by atoms with E-state index in [1.807, 2.05) is 0 Å². The highest BCUT2D eigenvalue weighted by molar-refractivity contribution is 5.56. The molecule has 0 saturated heterocycles. The van der Waals surface area contributed by atoms with Crippen LogP contribution in [-0.2, 0) is 19.3 Å². The number of hydrogen-bond donors (Lipinski definition) is 2. The van der Waals surface area contributed by atoms with Crippen molar-refractivity contribution in [2.75, 3.05) is 5.73 Å². The first-order chi connectivity index (χ1) is 11.0. The van der Waals surface area contributed by atoms with Crippen molar-refractivity contribution < 1.29 is 0 Å². The van der Waals surface area contributed by atoms with E-state index in [2.05, 4.69) is 45.9 Å². The zero-order valence-corrected chi connectivity index (χ0v) is 15.2. The number of nitrogen functional groups attached to an aromatic ring is 1. The second-order valence-corrected chi connectivity index (χ2v) is 6.62. The van der Waals surface area contributed by atoms with Gasteiger partial charge in [-0.15, -0.1) is 0 Å². The van der Waals surface area contributed by atoms with Gasteiger partial charge >= 0.3 is 0 Å². The molecule has 0 saturated carbocycles. The van der Waals surface area contributed by atoms with Gasteiger partial charge in [0, 0.05) is 11.4 Å². The Morgan fingerprint density at radius 3 is 2.00 bits per heavy atom. The molecule has 0 spiro atoms. The Labute approximate surface area is 141 Å². The molecule has 2 rings (SSSR count). The lowest BCUT2D eigenvalue weighted by molar-refractivity contribution is 0.604. The molecular weight excluding hydrogens is 280 g/mol. The molecule has 0 aliphatic heterocycles. The lowest BCUT2D eigenvalue weighted by Crippen LogP contribution is -2.16. The summed E-state index contributed by atoms with van der Waals surface area (Å²) in [5.41, 5.74) is 21.4. The summed E-state index contributed by atoms with van der Waals surface area (Å²) in [5.74, 6) is 0.560. The molecule has 1 aromatic rings. The van der Waals surface area contributed by atoms with Crippen molar-refractivity contribution >= 4 is 5.69 Å². The minimum absolute atomic E-state index is 0.560. The van der Waals surface area contributed by atoms with Crippen LogP contribution in [0.1, 0.15) is 63.6 Å². The highest BCUT2D eigenvalue weighted by atomic mass is 14.6. The van der Waals surface area contributed by atoms with Crippen LogP contribution in [0.25, 0.3) is 0 Å². The standard InChI is InChI=1S/C21H32N2/c1-5-16-10-14(11-17(6-2)20(16)22)9-15-12-18(7-3)21(23)19(8-4)13-15/h10-12,15H,5-9,13,22-23H2,1-4H3. The summed E-state index contributed by atoms with van der Waals surface area (Å²) in [6.45, 7) is 8.78. The minimum Gasteiger partial charge on any atom is -0.399 e. The van der Waals surface area contributed by atoms with Crippen molar-refractivity contribution in [2.45, 2.75) is 66.2 Å². The maximum absolute atomic E-state index is 6.31. The summed E-state index contributed by atoms with van der Waals surface area (Å²) in [5, 5.41) is 0. The molecule has 0 heterocycles. The third-order valence-electron chi connectivity index (χ3n) is 5.15. The predicted molar refractivity (Wildman–Crippen MR) is 101 cm³/mol. The van der Waals surface area contributed by atoms with Gasteiger partial charge in [0.1, 0.15) is 0 Å². The second-order valence-electron chi connectivity index (χ2n) is 6.62. The number of anilines is 1. The molecule has 1 aliphatic carbocycles. The van der Waals surface area contributed by atoms with Gasteiger partial charge in [0.25, 0.3) is 0 Å². The summed E-state index contributed by atoms with van der Waals surface area (Å²) >= 11 is 0. The summed E-state index contributed by atoms with van der Waals surface area (Å²) in [6.07, 6.45) is 8.67. The number of allylic oxidation sites excluding steroid dienone is 3. The van der Waals surface area contributed by atoms with E-state index in [0.717, 1.165) is 49.9 Å². The first-order valence-corrected chi connectivity index (χ1v) is 9.12. The van der Waals surface area contributed by atoms with E-state index in [1.165, 1.54) is 27.8 Å². The average Bonchev–Trinajstić information content (AvgIpc) is 2.57. The Bertz CT molecular complexity index is 598. The van der Waals surface area contributed by atoms with E-state index in [4.69, 9.17) is 11.5 Å². The van der Waals surface area contributed by atoms with Crippen molar-refractivity contribution in [3.63, 3.8) is 0 Å². The fourth-order valence-corrected chi connectivity index (χ4v) is 3.72. The van der Waals surface area contributed by atoms with Crippen molar-refractivity contribution in [2.24, 2.45) is 11.7 Å². The van der Waals surface area contributed by atoms with E-state index in [9.17, 15) is 0 Å². The van der Waals surface area contributed by atoms with Gasteiger partial charge < -0.3 is 11.5 Å². The summed E-state index contributed by atoms with van der Waals surface area (Å²) in [4.78, 5) is 0. The Morgan fingerprint density at radius 1 is 0.913 bits per heavy atom. The smallest absolute Gasteiger partial charge is 0.0379 e. The van der Waals surface area contributed by atoms with Crippen LogP contribution in [-0.4, -0.2) is 0 Å². The SMILES string of the molecule is CCC1=CC(Cc2cc(CC)c(N)c(CC)c2)CC(CC)=C1N. The molecule has 0 amide bonds. The molecule has 0 bridgehead atoms. The zero-order chi connectivity index (χ0) is 17.0. The van der Waals surface area contributed by atoms with E-state index < -0.39 is 0 Å². The second kappa shape index (κ2) is 7.72. The van der Waals surface area contributed by atoms with Gasteiger partial charge in [-0.3, -0.25) is 0 Å². The van der Waals surface area contributed by atoms with E-state index in [0.29, 0.717) is 5.92 Å². The monoisotopic (exact) mass is 312 g/mol. The molecule has 0 aromatic heterocycles. The summed E-state index contributed by atoms with van der Waals surface area (Å²) in [7, 11) is 0. The quantitative estimate of drug-likeness (QED) is 0.733. The molecule has 23 heavy (non-hydrogen) atoms. The molecule has 1 aliphatic rings. The number of nitrogens with two attached hydrogens (primary N) is 2. The van der Waals surface area contributed by atoms with Crippen LogP contribution >= 0.6 is 0 Å². The Morgan fingerprint density at radius 2 is 1.52 bits per heavy atom. The summed E-state index contributed by atoms with van der Waals surface area (Å²) in [6, 6.07) is 4.61. The van der Waals surface area contributed by atoms with Crippen LogP contribution in [0, 0.1) is 5.92 Å². The van der Waals surface area contributed by atoms with Gasteiger partial charge in [-0.05, 0) is 72.3 Å². The molecule has 1 aromatic carbocycles. The molecule has 0 fully saturated rings. The number of rotatable bonds is 6. The van der Waals surface area contributed by atoms with Gasteiger partial charge in [0.05, 0.1) is 0 Å². The van der Waals surface area contributed by atoms with E-state index >= 15 is 0 Å². The Kier molecular flexibility index (Phi) is 5.92. The number of benzene rings is 1. The molecule has 2 heteroatoms. The van der Waals surface area contributed by atoms with Crippen molar-refractivity contribution in [1.29, 1.82) is 0 Å². The molecule has 1 unspecified atom stereocenters. The van der Waals surface area contributed by atoms with Crippen molar-refractivity contribution in [3.8, 4) is 0 Å². The van der Waals surface area contributed by atoms with Crippen LogP contribution in [0.15, 0.2) is 35.1 Å². The largest absolute Gasteiger partial charge is 0.399 e. The highest BCUT2D eigenvalue weighted by Crippen LogP contribution is 2.32. The van der Waals surface area contributed by atoms with Crippen LogP contribution in [0.3, 0.4) is 0 Å². The van der Waals surface area contributed by atoms with Gasteiger partial charge in [-0.2, -0.15) is 0 Å². The van der Waals surface area contributed by atoms with Crippen molar-refractivity contribution in [3.05, 3.63) is 51.7 Å². The fourth-order valence-electron chi connectivity index (χ4n) is 3.72. The lowest BCUT2D eigenvalue weighted by atomic mass is 9.82. The fraction of sp³-hybridized carbons (Fsp3) is 0.524. The Hall–Kier alpha value is -1.70. The van der Waals surface area contributed by atoms with Gasteiger partial charge in [-0.1, -0.05) is 45.9 Å². The number of aryl methyl sites for hydroxylation is 2. The Balaban J connectivity index is 2.28. The zero-order valence-electron chi connectivity index (χ0n) is 15.2. The lowest BCUT2D eigenvalue weighted by Gasteiger charge is -2.25. The predicted octanol–water partition coefficient (Wildman–Crippen LogP) is 4.92. The van der Waals surface area contributed by atoms with Gasteiger partial charge in [0.2, 0.25) is 0 Å². The first-order valence-electron chi connectivity index (χ1n) is 9.12. The maximum Gasteiger partial charge on any atom is 0.0379 e. The van der Waals surface area contributed by atoms with Crippen LogP contribution < -0.4 is 11.5 Å². The maximum atomic E-state index is 6.31. The molecular formula is C21H32N2. The van der Waals surface area contributed by atoms with Crippen LogP contribution in [0.2, 0.25) is 0 Å². The molecule has 2 nitrogen and oxygen atoms in total. The van der Waals surface area contributed by atoms with Crippen LogP contribution in [0.4, 0.5) is 5.69 Å². The van der Waals surface area contributed by atoms with Gasteiger partial charge in [0.15, 0.2) is 0 Å². The average molecular weight is 313 g/mol. The van der Waals surface area contributed by atoms with Crippen LogP contribution in [0.5, 0.6) is 0 Å². The number of hydrogen-bond acceptors (Lipinski definition) is 2. The van der Waals surface area contributed by atoms with Gasteiger partial charge in [-0.25, -0.2) is 0 Å². The molecule has 1 atom stereocenters. The third-order valence-corrected chi connectivity index (χ3v) is 5.15. The molecule has 0 radical (unpaired) electrons. The summed E-state index contributed by atoms with van der Waals surface area (Å²) < 4.78 is 0. The minimum atomic E-state index is 0.560. The topological polar surface area (TPSA) is 52.0 Å². The van der Waals surface area contributed by atoms with Crippen molar-refractivity contribution in [1.82, 2.24) is 0 Å². The van der Waals surface area contributed by atoms with E-state index in [1.54, 1.807) is 0 Å². The molecule has 4 N–H and O–H groups in total. The highest BCUT2D eigenvalue weighted by Gasteiger charge is 2.19. The molecule has 126 valence electrons.